The third kappa shape index (κ3) is 2.03. The van der Waals surface area contributed by atoms with Gasteiger partial charge in [-0.2, -0.15) is 8.42 Å². The summed E-state index contributed by atoms with van der Waals surface area (Å²) in [4.78, 5) is 11.7. The Kier molecular flexibility index (Phi) is 2.83. The van der Waals surface area contributed by atoms with Crippen LogP contribution < -0.4 is 0 Å². The number of hydrogen-bond donors (Lipinski definition) is 0. The van der Waals surface area contributed by atoms with E-state index >= 15 is 0 Å². The Labute approximate surface area is 112 Å². The van der Waals surface area contributed by atoms with E-state index in [1.165, 1.54) is 7.11 Å². The molecule has 1 fully saturated rings. The molecule has 19 heavy (non-hydrogen) atoms. The van der Waals surface area contributed by atoms with E-state index in [2.05, 4.69) is 6.08 Å². The fourth-order valence-electron chi connectivity index (χ4n) is 3.72. The van der Waals surface area contributed by atoms with E-state index in [1.54, 1.807) is 0 Å². The van der Waals surface area contributed by atoms with Gasteiger partial charge < -0.3 is 4.74 Å². The molecule has 0 aromatic heterocycles. The van der Waals surface area contributed by atoms with Crippen LogP contribution in [0.5, 0.6) is 0 Å². The monoisotopic (exact) mass is 284 g/mol. The van der Waals surface area contributed by atoms with Gasteiger partial charge in [0.15, 0.2) is 0 Å². The zero-order valence-corrected chi connectivity index (χ0v) is 11.6. The van der Waals surface area contributed by atoms with E-state index in [9.17, 15) is 13.2 Å². The zero-order chi connectivity index (χ0) is 13.8. The SMILES string of the molecule is COC(=O)C1=C[C@@H]2[C@@H]3[C@H](C=C[C@H]13)C[C@H]2OS(C)(=O)=O. The molecule has 3 aliphatic rings. The lowest BCUT2D eigenvalue weighted by molar-refractivity contribution is -0.136. The Balaban J connectivity index is 1.90. The predicted molar refractivity (Wildman–Crippen MR) is 67.5 cm³/mol. The van der Waals surface area contributed by atoms with Crippen LogP contribution in [0, 0.1) is 23.7 Å². The topological polar surface area (TPSA) is 69.7 Å². The van der Waals surface area contributed by atoms with Crippen LogP contribution in [0.15, 0.2) is 23.8 Å². The van der Waals surface area contributed by atoms with Gasteiger partial charge in [-0.15, -0.1) is 0 Å². The highest BCUT2D eigenvalue weighted by Crippen LogP contribution is 2.55. The molecule has 5 nitrogen and oxygen atoms in total. The van der Waals surface area contributed by atoms with Crippen molar-refractivity contribution in [1.29, 1.82) is 0 Å². The number of esters is 1. The fraction of sp³-hybridized carbons (Fsp3) is 0.615. The Morgan fingerprint density at radius 3 is 2.74 bits per heavy atom. The molecule has 0 bridgehead atoms. The maximum Gasteiger partial charge on any atom is 0.334 e. The maximum absolute atomic E-state index is 11.7. The number of carbonyl (C=O) groups is 1. The van der Waals surface area contributed by atoms with Gasteiger partial charge in [-0.3, -0.25) is 4.18 Å². The third-order valence-corrected chi connectivity index (χ3v) is 4.90. The second-order valence-corrected chi connectivity index (χ2v) is 7.02. The number of rotatable bonds is 3. The van der Waals surface area contributed by atoms with Gasteiger partial charge in [0.05, 0.1) is 19.5 Å². The van der Waals surface area contributed by atoms with E-state index < -0.39 is 10.1 Å². The van der Waals surface area contributed by atoms with E-state index in [-0.39, 0.29) is 29.8 Å². The van der Waals surface area contributed by atoms with Gasteiger partial charge in [0.1, 0.15) is 0 Å². The molecule has 6 heteroatoms. The summed E-state index contributed by atoms with van der Waals surface area (Å²) < 4.78 is 32.6. The minimum absolute atomic E-state index is 0.0196. The molecular weight excluding hydrogens is 268 g/mol. The number of carbonyl (C=O) groups excluding carboxylic acids is 1. The normalized spacial score (nSPS) is 39.3. The number of hydrogen-bond acceptors (Lipinski definition) is 5. The first-order valence-electron chi connectivity index (χ1n) is 6.27. The molecular formula is C13H16O5S. The van der Waals surface area contributed by atoms with Gasteiger partial charge in [0.2, 0.25) is 0 Å². The first-order chi connectivity index (χ1) is 8.90. The van der Waals surface area contributed by atoms with E-state index in [4.69, 9.17) is 8.92 Å². The summed E-state index contributed by atoms with van der Waals surface area (Å²) in [5, 5.41) is 0. The summed E-state index contributed by atoms with van der Waals surface area (Å²) >= 11 is 0. The van der Waals surface area contributed by atoms with Crippen LogP contribution in [-0.4, -0.2) is 33.9 Å². The largest absolute Gasteiger partial charge is 0.466 e. The smallest absolute Gasteiger partial charge is 0.334 e. The lowest BCUT2D eigenvalue weighted by Crippen LogP contribution is -2.22. The molecule has 1 saturated carbocycles. The third-order valence-electron chi connectivity index (χ3n) is 4.30. The summed E-state index contributed by atoms with van der Waals surface area (Å²) in [5.41, 5.74) is 0.637. The van der Waals surface area contributed by atoms with E-state index in [1.807, 2.05) is 12.2 Å². The van der Waals surface area contributed by atoms with Crippen LogP contribution in [0.25, 0.3) is 0 Å². The van der Waals surface area contributed by atoms with Crippen molar-refractivity contribution in [2.75, 3.05) is 13.4 Å². The Morgan fingerprint density at radius 2 is 2.11 bits per heavy atom. The second-order valence-electron chi connectivity index (χ2n) is 5.42. The molecule has 0 heterocycles. The predicted octanol–water partition coefficient (Wildman–Crippen LogP) is 0.882. The van der Waals surface area contributed by atoms with Crippen molar-refractivity contribution in [3.05, 3.63) is 23.8 Å². The first kappa shape index (κ1) is 12.9. The molecule has 0 aromatic carbocycles. The van der Waals surface area contributed by atoms with Crippen LogP contribution in [0.1, 0.15) is 6.42 Å². The van der Waals surface area contributed by atoms with E-state index in [0.717, 1.165) is 6.26 Å². The number of methoxy groups -OCH3 is 1. The Hall–Kier alpha value is -1.14. The van der Waals surface area contributed by atoms with Crippen LogP contribution in [0.2, 0.25) is 0 Å². The second kappa shape index (κ2) is 4.18. The van der Waals surface area contributed by atoms with Crippen molar-refractivity contribution >= 4 is 16.1 Å². The van der Waals surface area contributed by atoms with Gasteiger partial charge >= 0.3 is 5.97 Å². The Bertz CT molecular complexity index is 574. The average Bonchev–Trinajstić information content (AvgIpc) is 2.93. The highest BCUT2D eigenvalue weighted by Gasteiger charge is 2.54. The summed E-state index contributed by atoms with van der Waals surface area (Å²) in [6.45, 7) is 0. The molecule has 3 aliphatic carbocycles. The van der Waals surface area contributed by atoms with Crippen molar-refractivity contribution in [3.63, 3.8) is 0 Å². The van der Waals surface area contributed by atoms with Crippen LogP contribution in [-0.2, 0) is 23.8 Å². The van der Waals surface area contributed by atoms with Gasteiger partial charge in [-0.1, -0.05) is 18.2 Å². The van der Waals surface area contributed by atoms with Crippen molar-refractivity contribution < 1.29 is 22.1 Å². The summed E-state index contributed by atoms with van der Waals surface area (Å²) in [7, 11) is -2.12. The Morgan fingerprint density at radius 1 is 1.37 bits per heavy atom. The van der Waals surface area contributed by atoms with Crippen molar-refractivity contribution in [2.24, 2.45) is 23.7 Å². The molecule has 5 atom stereocenters. The molecule has 3 rings (SSSR count). The van der Waals surface area contributed by atoms with Crippen LogP contribution in [0.3, 0.4) is 0 Å². The number of allylic oxidation sites excluding steroid dienone is 2. The van der Waals surface area contributed by atoms with E-state index in [0.29, 0.717) is 17.9 Å². The maximum atomic E-state index is 11.7. The minimum atomic E-state index is -3.48. The fourth-order valence-corrected chi connectivity index (χ4v) is 4.37. The quantitative estimate of drug-likeness (QED) is 0.437. The van der Waals surface area contributed by atoms with Crippen LogP contribution >= 0.6 is 0 Å². The first-order valence-corrected chi connectivity index (χ1v) is 8.09. The molecule has 0 aliphatic heterocycles. The lowest BCUT2D eigenvalue weighted by Gasteiger charge is -2.18. The molecule has 0 radical (unpaired) electrons. The molecule has 0 amide bonds. The van der Waals surface area contributed by atoms with Crippen molar-refractivity contribution in [1.82, 2.24) is 0 Å². The number of ether oxygens (including phenoxy) is 1. The van der Waals surface area contributed by atoms with Crippen LogP contribution in [0.4, 0.5) is 0 Å². The lowest BCUT2D eigenvalue weighted by atomic mass is 9.88. The average molecular weight is 284 g/mol. The van der Waals surface area contributed by atoms with Gasteiger partial charge in [-0.25, -0.2) is 4.79 Å². The molecule has 0 spiro atoms. The van der Waals surface area contributed by atoms with Crippen molar-refractivity contribution in [3.8, 4) is 0 Å². The van der Waals surface area contributed by atoms with Crippen molar-refractivity contribution in [2.45, 2.75) is 12.5 Å². The molecule has 0 unspecified atom stereocenters. The molecule has 104 valence electrons. The minimum Gasteiger partial charge on any atom is -0.466 e. The standard InChI is InChI=1S/C13H16O5S/c1-17-13(14)9-6-10-11(18-19(2,15)16)5-7-3-4-8(9)12(7)10/h3-4,6-8,10-12H,5H2,1-2H3/t7-,8-,10+,11-,12-/m1/s1. The summed E-state index contributed by atoms with van der Waals surface area (Å²) in [6.07, 6.45) is 7.35. The van der Waals surface area contributed by atoms with Gasteiger partial charge in [0.25, 0.3) is 10.1 Å². The zero-order valence-electron chi connectivity index (χ0n) is 10.8. The summed E-state index contributed by atoms with van der Waals surface area (Å²) in [5.74, 6) is 0.244. The summed E-state index contributed by atoms with van der Waals surface area (Å²) in [6, 6.07) is 0. The highest BCUT2D eigenvalue weighted by atomic mass is 32.2. The van der Waals surface area contributed by atoms with Gasteiger partial charge in [-0.05, 0) is 18.3 Å². The molecule has 0 N–H and O–H groups in total. The van der Waals surface area contributed by atoms with Gasteiger partial charge in [0, 0.05) is 17.4 Å². The molecule has 0 aromatic rings. The highest BCUT2D eigenvalue weighted by molar-refractivity contribution is 7.86. The molecule has 0 saturated heterocycles.